The Kier molecular flexibility index (Phi) is 8.02. The minimum Gasteiger partial charge on any atom is -1.00 e. The van der Waals surface area contributed by atoms with Gasteiger partial charge in [-0.25, -0.2) is 0 Å². The number of hydrogen-bond donors (Lipinski definition) is 0. The summed E-state index contributed by atoms with van der Waals surface area (Å²) in [5.41, 5.74) is 0. The van der Waals surface area contributed by atoms with Crippen LogP contribution in [0.4, 0.5) is 0 Å². The summed E-state index contributed by atoms with van der Waals surface area (Å²) in [4.78, 5) is 9.49. The molecule has 56 valence electrons. The van der Waals surface area contributed by atoms with E-state index in [1.807, 2.05) is 0 Å². The molecule has 0 aromatic heterocycles. The Bertz CT molecular complexity index is 179. The predicted molar refractivity (Wildman–Crippen MR) is 32.3 cm³/mol. The van der Waals surface area contributed by atoms with Crippen LogP contribution in [0.5, 0.6) is 0 Å². The number of carbonyl (C=O) groups excluding carboxylic acids is 1. The van der Waals surface area contributed by atoms with E-state index in [2.05, 4.69) is 4.18 Å². The molecule has 0 unspecified atom stereocenters. The average Bonchev–Trinajstić information content (AvgIpc) is 1.64. The Balaban J connectivity index is -0.000000320. The van der Waals surface area contributed by atoms with Gasteiger partial charge in [0.05, 0.1) is 5.75 Å². The summed E-state index contributed by atoms with van der Waals surface area (Å²) in [6.07, 6.45) is 0.455. The fourth-order valence-corrected chi connectivity index (χ4v) is 1.07. The third-order valence-corrected chi connectivity index (χ3v) is 1.92. The fourth-order valence-electron chi connectivity index (χ4n) is 0.358. The average molecular weight is 176 g/mol. The van der Waals surface area contributed by atoms with Crippen LogP contribution in [-0.4, -0.2) is 20.6 Å². The van der Waals surface area contributed by atoms with Crippen LogP contribution in [0.3, 0.4) is 0 Å². The van der Waals surface area contributed by atoms with Gasteiger partial charge in [0.1, 0.15) is 0 Å². The van der Waals surface area contributed by atoms with Crippen molar-refractivity contribution in [2.45, 2.75) is 13.3 Å². The van der Waals surface area contributed by atoms with E-state index in [1.54, 1.807) is 6.92 Å². The minimum absolute atomic E-state index is 0. The van der Waals surface area contributed by atoms with Crippen LogP contribution in [0.15, 0.2) is 0 Å². The SMILES string of the molecule is CCCS(=O)(=O)OC=O.[H-].[Na+]. The maximum absolute atomic E-state index is 10.4. The molecule has 0 aliphatic carbocycles. The molecule has 0 spiro atoms. The Morgan fingerprint density at radius 3 is 2.40 bits per heavy atom. The summed E-state index contributed by atoms with van der Waals surface area (Å²) in [5, 5.41) is 0. The second kappa shape index (κ2) is 6.15. The largest absolute Gasteiger partial charge is 1.00 e. The Morgan fingerprint density at radius 1 is 1.60 bits per heavy atom. The van der Waals surface area contributed by atoms with Gasteiger partial charge in [-0.2, -0.15) is 8.42 Å². The van der Waals surface area contributed by atoms with Crippen molar-refractivity contribution in [3.63, 3.8) is 0 Å². The van der Waals surface area contributed by atoms with Crippen LogP contribution in [0.1, 0.15) is 14.8 Å². The molecule has 4 nitrogen and oxygen atoms in total. The Labute approximate surface area is 83.8 Å². The maximum Gasteiger partial charge on any atom is 1.00 e. The summed E-state index contributed by atoms with van der Waals surface area (Å²) >= 11 is 0. The van der Waals surface area contributed by atoms with Crippen molar-refractivity contribution in [3.05, 3.63) is 0 Å². The molecule has 0 aromatic rings. The van der Waals surface area contributed by atoms with Gasteiger partial charge in [0.15, 0.2) is 0 Å². The van der Waals surface area contributed by atoms with E-state index in [4.69, 9.17) is 0 Å². The molecule has 0 saturated carbocycles. The zero-order valence-corrected chi connectivity index (χ0v) is 8.85. The monoisotopic (exact) mass is 176 g/mol. The third kappa shape index (κ3) is 6.54. The zero-order chi connectivity index (χ0) is 7.33. The summed E-state index contributed by atoms with van der Waals surface area (Å²) in [7, 11) is -3.55. The molecular weight excluding hydrogens is 167 g/mol. The summed E-state index contributed by atoms with van der Waals surface area (Å²) in [6, 6.07) is 0. The number of hydrogen-bond acceptors (Lipinski definition) is 4. The third-order valence-electron chi connectivity index (χ3n) is 0.640. The second-order valence-corrected chi connectivity index (χ2v) is 3.17. The summed E-state index contributed by atoms with van der Waals surface area (Å²) in [5.74, 6) is -0.105. The fraction of sp³-hybridized carbons (Fsp3) is 0.750. The minimum atomic E-state index is -3.55. The van der Waals surface area contributed by atoms with E-state index < -0.39 is 10.1 Å². The first-order chi connectivity index (χ1) is 4.12. The zero-order valence-electron chi connectivity index (χ0n) is 7.03. The molecule has 0 aliphatic heterocycles. The van der Waals surface area contributed by atoms with Crippen molar-refractivity contribution >= 4 is 16.6 Å². The van der Waals surface area contributed by atoms with E-state index >= 15 is 0 Å². The maximum atomic E-state index is 10.4. The Hall–Kier alpha value is 0.420. The molecule has 0 radical (unpaired) electrons. The van der Waals surface area contributed by atoms with Crippen molar-refractivity contribution in [2.75, 3.05) is 5.75 Å². The van der Waals surface area contributed by atoms with Gasteiger partial charge in [-0.15, -0.1) is 0 Å². The van der Waals surface area contributed by atoms with Crippen molar-refractivity contribution in [1.29, 1.82) is 0 Å². The van der Waals surface area contributed by atoms with Crippen LogP contribution in [0.2, 0.25) is 0 Å². The molecule has 0 atom stereocenters. The normalized spacial score (nSPS) is 9.70. The van der Waals surface area contributed by atoms with Gasteiger partial charge in [-0.3, -0.25) is 4.79 Å². The van der Waals surface area contributed by atoms with Gasteiger partial charge >= 0.3 is 46.1 Å². The first-order valence-corrected chi connectivity index (χ1v) is 4.04. The molecular formula is C4H9NaO4S. The van der Waals surface area contributed by atoms with E-state index in [0.717, 1.165) is 0 Å². The van der Waals surface area contributed by atoms with E-state index in [0.29, 0.717) is 6.42 Å². The van der Waals surface area contributed by atoms with Crippen molar-refractivity contribution in [1.82, 2.24) is 0 Å². The van der Waals surface area contributed by atoms with Crippen molar-refractivity contribution in [2.24, 2.45) is 0 Å². The smallest absolute Gasteiger partial charge is 1.00 e. The molecule has 0 N–H and O–H groups in total. The molecule has 0 fully saturated rings. The molecule has 0 bridgehead atoms. The first-order valence-electron chi connectivity index (χ1n) is 2.47. The molecule has 0 saturated heterocycles. The van der Waals surface area contributed by atoms with Gasteiger partial charge in [0, 0.05) is 0 Å². The number of carbonyl (C=O) groups is 1. The Morgan fingerprint density at radius 2 is 2.10 bits per heavy atom. The van der Waals surface area contributed by atoms with Crippen LogP contribution in [-0.2, 0) is 19.1 Å². The molecule has 0 aliphatic rings. The van der Waals surface area contributed by atoms with Gasteiger partial charge in [0.25, 0.3) is 0 Å². The van der Waals surface area contributed by atoms with Crippen molar-refractivity contribution < 1.29 is 48.4 Å². The molecule has 0 rings (SSSR count). The summed E-state index contributed by atoms with van der Waals surface area (Å²) < 4.78 is 24.5. The first kappa shape index (κ1) is 13.0. The topological polar surface area (TPSA) is 60.4 Å². The van der Waals surface area contributed by atoms with Crippen LogP contribution >= 0.6 is 0 Å². The van der Waals surface area contributed by atoms with Crippen LogP contribution in [0.25, 0.3) is 0 Å². The van der Waals surface area contributed by atoms with E-state index in [1.165, 1.54) is 0 Å². The standard InChI is InChI=1S/C4H8O4S.Na.H/c1-2-3-9(6,7)8-4-5;;/h4H,2-3H2,1H3;;/q;+1;-1. The predicted octanol–water partition coefficient (Wildman–Crippen LogP) is -2.98. The van der Waals surface area contributed by atoms with Gasteiger partial charge < -0.3 is 5.61 Å². The molecule has 0 heterocycles. The number of rotatable bonds is 4. The van der Waals surface area contributed by atoms with Crippen molar-refractivity contribution in [3.8, 4) is 0 Å². The summed E-state index contributed by atoms with van der Waals surface area (Å²) in [6.45, 7) is 1.61. The quantitative estimate of drug-likeness (QED) is 0.260. The van der Waals surface area contributed by atoms with E-state index in [-0.39, 0.29) is 43.2 Å². The van der Waals surface area contributed by atoms with E-state index in [9.17, 15) is 13.2 Å². The van der Waals surface area contributed by atoms with Crippen LogP contribution < -0.4 is 29.6 Å². The molecule has 10 heavy (non-hydrogen) atoms. The second-order valence-electron chi connectivity index (χ2n) is 1.45. The van der Waals surface area contributed by atoms with Gasteiger partial charge in [-0.1, -0.05) is 6.92 Å². The van der Waals surface area contributed by atoms with Gasteiger partial charge in [-0.05, 0) is 6.42 Å². The molecule has 0 aromatic carbocycles. The molecule has 6 heteroatoms. The molecule has 0 amide bonds. The van der Waals surface area contributed by atoms with Crippen LogP contribution in [0, 0.1) is 0 Å². The van der Waals surface area contributed by atoms with Gasteiger partial charge in [0.2, 0.25) is 0 Å².